The zero-order valence-corrected chi connectivity index (χ0v) is 14.8. The van der Waals surface area contributed by atoms with Gasteiger partial charge in [0.25, 0.3) is 0 Å². The molecule has 2 aliphatic rings. The van der Waals surface area contributed by atoms with Gasteiger partial charge in [0.15, 0.2) is 0 Å². The topological polar surface area (TPSA) is 38.7 Å². The van der Waals surface area contributed by atoms with Crippen LogP contribution < -0.4 is 4.90 Å². The third kappa shape index (κ3) is 4.40. The Morgan fingerprint density at radius 1 is 1.00 bits per heavy atom. The van der Waals surface area contributed by atoms with E-state index in [2.05, 4.69) is 50.7 Å². The van der Waals surface area contributed by atoms with Crippen LogP contribution in [0.4, 0.5) is 5.82 Å². The van der Waals surface area contributed by atoms with Crippen LogP contribution >= 0.6 is 0 Å². The van der Waals surface area contributed by atoms with Gasteiger partial charge in [0.2, 0.25) is 0 Å². The molecule has 1 aromatic rings. The molecule has 0 aromatic carbocycles. The number of piperazine rings is 1. The molecule has 0 bridgehead atoms. The molecule has 23 heavy (non-hydrogen) atoms. The standard InChI is InChI=1S/C17H30N6/c1-20(2)16-4-6-22(7-5-16)14-15-12-19-17(13-18-15)23-10-8-21(3)9-11-23/h12-13,16H,4-11,14H2,1-3H3. The number of hydrogen-bond donors (Lipinski definition) is 0. The Balaban J connectivity index is 1.50. The van der Waals surface area contributed by atoms with Crippen molar-refractivity contribution in [3.05, 3.63) is 18.1 Å². The van der Waals surface area contributed by atoms with Crippen molar-refractivity contribution in [2.75, 3.05) is 65.3 Å². The quantitative estimate of drug-likeness (QED) is 0.816. The van der Waals surface area contributed by atoms with Crippen LogP contribution in [0, 0.1) is 0 Å². The molecule has 2 aliphatic heterocycles. The maximum Gasteiger partial charge on any atom is 0.147 e. The van der Waals surface area contributed by atoms with Crippen LogP contribution in [-0.4, -0.2) is 91.1 Å². The summed E-state index contributed by atoms with van der Waals surface area (Å²) in [7, 11) is 6.54. The van der Waals surface area contributed by atoms with Gasteiger partial charge in [0, 0.05) is 51.9 Å². The van der Waals surface area contributed by atoms with Gasteiger partial charge in [-0.2, -0.15) is 0 Å². The van der Waals surface area contributed by atoms with E-state index in [1.54, 1.807) is 0 Å². The molecule has 0 N–H and O–H groups in total. The largest absolute Gasteiger partial charge is 0.353 e. The molecule has 0 aliphatic carbocycles. The van der Waals surface area contributed by atoms with E-state index in [9.17, 15) is 0 Å². The Labute approximate surface area is 140 Å². The van der Waals surface area contributed by atoms with Gasteiger partial charge in [-0.1, -0.05) is 0 Å². The lowest BCUT2D eigenvalue weighted by atomic mass is 10.0. The lowest BCUT2D eigenvalue weighted by molar-refractivity contribution is 0.139. The average Bonchev–Trinajstić information content (AvgIpc) is 2.57. The fraction of sp³-hybridized carbons (Fsp3) is 0.765. The predicted molar refractivity (Wildman–Crippen MR) is 93.7 cm³/mol. The van der Waals surface area contributed by atoms with E-state index in [1.807, 2.05) is 12.4 Å². The third-order valence-electron chi connectivity index (χ3n) is 5.19. The number of piperidine rings is 1. The fourth-order valence-corrected chi connectivity index (χ4v) is 3.45. The van der Waals surface area contributed by atoms with Crippen LogP contribution in [0.2, 0.25) is 0 Å². The van der Waals surface area contributed by atoms with Crippen LogP contribution in [0.1, 0.15) is 18.5 Å². The Morgan fingerprint density at radius 2 is 1.70 bits per heavy atom. The van der Waals surface area contributed by atoms with Gasteiger partial charge in [-0.25, -0.2) is 4.98 Å². The maximum absolute atomic E-state index is 4.65. The molecule has 0 saturated carbocycles. The zero-order chi connectivity index (χ0) is 16.2. The molecule has 0 atom stereocenters. The van der Waals surface area contributed by atoms with E-state index in [0.717, 1.165) is 63.4 Å². The van der Waals surface area contributed by atoms with E-state index >= 15 is 0 Å². The number of hydrogen-bond acceptors (Lipinski definition) is 6. The molecule has 0 unspecified atom stereocenters. The van der Waals surface area contributed by atoms with Crippen LogP contribution in [0.5, 0.6) is 0 Å². The molecule has 1 aromatic heterocycles. The SMILES string of the molecule is CN1CCN(c2cnc(CN3CCC(N(C)C)CC3)cn2)CC1. The number of likely N-dealkylation sites (N-methyl/N-ethyl adjacent to an activating group) is 1. The highest BCUT2D eigenvalue weighted by atomic mass is 15.3. The first-order chi connectivity index (χ1) is 11.1. The normalized spacial score (nSPS) is 22.0. The fourth-order valence-electron chi connectivity index (χ4n) is 3.45. The van der Waals surface area contributed by atoms with Gasteiger partial charge in [-0.05, 0) is 34.0 Å². The van der Waals surface area contributed by atoms with Crippen molar-refractivity contribution in [3.63, 3.8) is 0 Å². The summed E-state index contributed by atoms with van der Waals surface area (Å²) in [6.45, 7) is 7.53. The van der Waals surface area contributed by atoms with Gasteiger partial charge in [0.1, 0.15) is 5.82 Å². The van der Waals surface area contributed by atoms with Crippen molar-refractivity contribution in [2.24, 2.45) is 0 Å². The van der Waals surface area contributed by atoms with Gasteiger partial charge in [-0.3, -0.25) is 9.88 Å². The second-order valence-electron chi connectivity index (χ2n) is 7.13. The minimum Gasteiger partial charge on any atom is -0.353 e. The smallest absolute Gasteiger partial charge is 0.147 e. The summed E-state index contributed by atoms with van der Waals surface area (Å²) in [5, 5.41) is 0. The Bertz CT molecular complexity index is 472. The van der Waals surface area contributed by atoms with Gasteiger partial charge in [0.05, 0.1) is 18.1 Å². The highest BCUT2D eigenvalue weighted by Crippen LogP contribution is 2.17. The minimum atomic E-state index is 0.733. The Kier molecular flexibility index (Phi) is 5.46. The molecule has 3 rings (SSSR count). The molecule has 0 radical (unpaired) electrons. The maximum atomic E-state index is 4.65. The summed E-state index contributed by atoms with van der Waals surface area (Å²) in [5.41, 5.74) is 1.09. The first-order valence-electron chi connectivity index (χ1n) is 8.75. The molecule has 2 saturated heterocycles. The predicted octanol–water partition coefficient (Wildman–Crippen LogP) is 0.754. The number of aromatic nitrogens is 2. The molecule has 3 heterocycles. The van der Waals surface area contributed by atoms with Crippen LogP contribution in [0.3, 0.4) is 0 Å². The van der Waals surface area contributed by atoms with Crippen molar-refractivity contribution in [3.8, 4) is 0 Å². The van der Waals surface area contributed by atoms with Crippen LogP contribution in [0.25, 0.3) is 0 Å². The molecule has 6 nitrogen and oxygen atoms in total. The van der Waals surface area contributed by atoms with Crippen molar-refractivity contribution in [1.82, 2.24) is 24.7 Å². The summed E-state index contributed by atoms with van der Waals surface area (Å²) < 4.78 is 0. The van der Waals surface area contributed by atoms with E-state index < -0.39 is 0 Å². The average molecular weight is 318 g/mol. The number of anilines is 1. The number of rotatable bonds is 4. The minimum absolute atomic E-state index is 0.733. The molecule has 2 fully saturated rings. The summed E-state index contributed by atoms with van der Waals surface area (Å²) in [6, 6.07) is 0.733. The van der Waals surface area contributed by atoms with Gasteiger partial charge < -0.3 is 14.7 Å². The summed E-state index contributed by atoms with van der Waals surface area (Å²) in [5.74, 6) is 1.02. The Hall–Kier alpha value is -1.24. The van der Waals surface area contributed by atoms with Gasteiger partial charge in [-0.15, -0.1) is 0 Å². The third-order valence-corrected chi connectivity index (χ3v) is 5.19. The summed E-state index contributed by atoms with van der Waals surface area (Å²) >= 11 is 0. The number of likely N-dealkylation sites (tertiary alicyclic amines) is 1. The lowest BCUT2D eigenvalue weighted by Crippen LogP contribution is -2.44. The highest BCUT2D eigenvalue weighted by Gasteiger charge is 2.21. The molecule has 6 heteroatoms. The first kappa shape index (κ1) is 16.6. The first-order valence-corrected chi connectivity index (χ1v) is 8.75. The van der Waals surface area contributed by atoms with E-state index in [4.69, 9.17) is 0 Å². The Morgan fingerprint density at radius 3 is 2.26 bits per heavy atom. The van der Waals surface area contributed by atoms with E-state index in [1.165, 1.54) is 12.8 Å². The van der Waals surface area contributed by atoms with Gasteiger partial charge >= 0.3 is 0 Å². The second-order valence-corrected chi connectivity index (χ2v) is 7.13. The lowest BCUT2D eigenvalue weighted by Gasteiger charge is -2.35. The summed E-state index contributed by atoms with van der Waals surface area (Å²) in [4.78, 5) is 18.8. The number of nitrogens with zero attached hydrogens (tertiary/aromatic N) is 6. The summed E-state index contributed by atoms with van der Waals surface area (Å²) in [6.07, 6.45) is 6.42. The molecule has 128 valence electrons. The molecular formula is C17H30N6. The highest BCUT2D eigenvalue weighted by molar-refractivity contribution is 5.36. The molecular weight excluding hydrogens is 288 g/mol. The van der Waals surface area contributed by atoms with Crippen LogP contribution in [-0.2, 0) is 6.54 Å². The van der Waals surface area contributed by atoms with Crippen molar-refractivity contribution >= 4 is 5.82 Å². The van der Waals surface area contributed by atoms with Crippen molar-refractivity contribution in [1.29, 1.82) is 0 Å². The second kappa shape index (κ2) is 7.55. The zero-order valence-electron chi connectivity index (χ0n) is 14.8. The van der Waals surface area contributed by atoms with Crippen LogP contribution in [0.15, 0.2) is 12.4 Å². The molecule has 0 spiro atoms. The van der Waals surface area contributed by atoms with E-state index in [-0.39, 0.29) is 0 Å². The van der Waals surface area contributed by atoms with Crippen molar-refractivity contribution < 1.29 is 0 Å². The monoisotopic (exact) mass is 318 g/mol. The van der Waals surface area contributed by atoms with Crippen molar-refractivity contribution in [2.45, 2.75) is 25.4 Å². The van der Waals surface area contributed by atoms with E-state index in [0.29, 0.717) is 0 Å². The molecule has 0 amide bonds.